The number of aryl methyl sites for hydroxylation is 2. The molecule has 0 atom stereocenters. The predicted molar refractivity (Wildman–Crippen MR) is 57.1 cm³/mol. The smallest absolute Gasteiger partial charge is 0.303 e. The second kappa shape index (κ2) is 4.73. The zero-order valence-corrected chi connectivity index (χ0v) is 8.91. The van der Waals surface area contributed by atoms with Gasteiger partial charge in [-0.3, -0.25) is 9.59 Å². The average Bonchev–Trinajstić information content (AvgIpc) is 2.15. The summed E-state index contributed by atoms with van der Waals surface area (Å²) in [5.74, 6) is -0.857. The molecule has 3 heteroatoms. The van der Waals surface area contributed by atoms with Gasteiger partial charge >= 0.3 is 5.97 Å². The van der Waals surface area contributed by atoms with Gasteiger partial charge in [-0.05, 0) is 31.9 Å². The summed E-state index contributed by atoms with van der Waals surface area (Å²) in [6, 6.07) is 5.53. The summed E-state index contributed by atoms with van der Waals surface area (Å²) in [4.78, 5) is 21.8. The molecule has 0 radical (unpaired) electrons. The Bertz CT molecular complexity index is 394. The second-order valence-corrected chi connectivity index (χ2v) is 3.61. The fourth-order valence-corrected chi connectivity index (χ4v) is 1.48. The van der Waals surface area contributed by atoms with Crippen molar-refractivity contribution in [1.29, 1.82) is 0 Å². The molecular formula is C12H14O3. The first kappa shape index (κ1) is 11.4. The lowest BCUT2D eigenvalue weighted by molar-refractivity contribution is -0.136. The summed E-state index contributed by atoms with van der Waals surface area (Å²) < 4.78 is 0. The fraction of sp³-hybridized carbons (Fsp3) is 0.333. The lowest BCUT2D eigenvalue weighted by atomic mass is 9.98. The topological polar surface area (TPSA) is 54.4 Å². The van der Waals surface area contributed by atoms with E-state index in [9.17, 15) is 9.59 Å². The van der Waals surface area contributed by atoms with Crippen LogP contribution in [0.2, 0.25) is 0 Å². The maximum atomic E-state index is 11.3. The number of Topliss-reactive ketones (excluding diaryl/α,β-unsaturated/α-hetero) is 1. The number of ketones is 1. The molecule has 0 saturated carbocycles. The van der Waals surface area contributed by atoms with Crippen molar-refractivity contribution < 1.29 is 14.7 Å². The van der Waals surface area contributed by atoms with E-state index in [0.29, 0.717) is 12.0 Å². The number of rotatable bonds is 4. The van der Waals surface area contributed by atoms with Crippen LogP contribution in [0.25, 0.3) is 0 Å². The molecule has 1 rings (SSSR count). The van der Waals surface area contributed by atoms with E-state index in [1.54, 1.807) is 6.07 Å². The highest BCUT2D eigenvalue weighted by molar-refractivity contribution is 5.95. The van der Waals surface area contributed by atoms with Gasteiger partial charge in [-0.1, -0.05) is 17.7 Å². The quantitative estimate of drug-likeness (QED) is 0.768. The van der Waals surface area contributed by atoms with Gasteiger partial charge in [-0.15, -0.1) is 0 Å². The van der Waals surface area contributed by atoms with E-state index in [1.807, 2.05) is 19.1 Å². The van der Waals surface area contributed by atoms with Crippen LogP contribution < -0.4 is 0 Å². The normalized spacial score (nSPS) is 10.0. The first-order valence-electron chi connectivity index (χ1n) is 4.83. The number of carboxylic acid groups (broad SMARTS) is 1. The van der Waals surface area contributed by atoms with Crippen molar-refractivity contribution in [2.45, 2.75) is 26.7 Å². The van der Waals surface area contributed by atoms with Gasteiger partial charge in [0.05, 0.1) is 0 Å². The number of hydrogen-bond acceptors (Lipinski definition) is 2. The van der Waals surface area contributed by atoms with Crippen molar-refractivity contribution in [2.24, 2.45) is 0 Å². The Labute approximate surface area is 88.7 Å². The Balaban J connectivity index is 2.95. The van der Waals surface area contributed by atoms with Gasteiger partial charge in [0, 0.05) is 12.0 Å². The van der Waals surface area contributed by atoms with Crippen LogP contribution in [-0.4, -0.2) is 16.9 Å². The van der Waals surface area contributed by atoms with Crippen molar-refractivity contribution in [3.63, 3.8) is 0 Å². The molecule has 0 aliphatic rings. The molecule has 0 spiro atoms. The van der Waals surface area contributed by atoms with Gasteiger partial charge in [0.15, 0.2) is 5.78 Å². The maximum Gasteiger partial charge on any atom is 0.303 e. The Hall–Kier alpha value is -1.64. The summed E-state index contributed by atoms with van der Waals surface area (Å²) in [5, 5.41) is 8.57. The minimum Gasteiger partial charge on any atom is -0.481 e. The average molecular weight is 206 g/mol. The monoisotopic (exact) mass is 206 g/mol. The number of carbonyl (C=O) groups excluding carboxylic acids is 1. The molecule has 15 heavy (non-hydrogen) atoms. The number of carbonyl (C=O) groups is 2. The van der Waals surface area contributed by atoms with Crippen LogP contribution in [0.15, 0.2) is 18.2 Å². The molecule has 1 aromatic rings. The largest absolute Gasteiger partial charge is 0.481 e. The molecule has 1 aromatic carbocycles. The molecule has 0 heterocycles. The van der Waals surface area contributed by atoms with Crippen LogP contribution in [-0.2, 0) is 11.2 Å². The summed E-state index contributed by atoms with van der Waals surface area (Å²) in [6.07, 6.45) is 0.466. The van der Waals surface area contributed by atoms with Crippen molar-refractivity contribution >= 4 is 11.8 Å². The molecule has 0 saturated heterocycles. The Morgan fingerprint density at radius 2 is 2.00 bits per heavy atom. The lowest BCUT2D eigenvalue weighted by Crippen LogP contribution is -2.03. The highest BCUT2D eigenvalue weighted by atomic mass is 16.4. The van der Waals surface area contributed by atoms with E-state index in [0.717, 1.165) is 11.1 Å². The van der Waals surface area contributed by atoms with Crippen molar-refractivity contribution in [1.82, 2.24) is 0 Å². The van der Waals surface area contributed by atoms with Crippen LogP contribution in [0, 0.1) is 6.92 Å². The molecule has 0 amide bonds. The van der Waals surface area contributed by atoms with E-state index in [2.05, 4.69) is 0 Å². The molecule has 1 N–H and O–H groups in total. The second-order valence-electron chi connectivity index (χ2n) is 3.61. The Kier molecular flexibility index (Phi) is 3.61. The molecule has 3 nitrogen and oxygen atoms in total. The van der Waals surface area contributed by atoms with Crippen LogP contribution in [0.5, 0.6) is 0 Å². The zero-order valence-electron chi connectivity index (χ0n) is 8.91. The third-order valence-electron chi connectivity index (χ3n) is 2.25. The van der Waals surface area contributed by atoms with Gasteiger partial charge < -0.3 is 5.11 Å². The third kappa shape index (κ3) is 3.20. The van der Waals surface area contributed by atoms with Gasteiger partial charge in [0.1, 0.15) is 0 Å². The molecular weight excluding hydrogens is 192 g/mol. The third-order valence-corrected chi connectivity index (χ3v) is 2.25. The van der Waals surface area contributed by atoms with Crippen LogP contribution in [0.3, 0.4) is 0 Å². The van der Waals surface area contributed by atoms with Crippen molar-refractivity contribution in [3.05, 3.63) is 34.9 Å². The Morgan fingerprint density at radius 3 is 2.53 bits per heavy atom. The minimum atomic E-state index is -0.843. The molecule has 0 bridgehead atoms. The van der Waals surface area contributed by atoms with E-state index in [1.165, 1.54) is 6.92 Å². The van der Waals surface area contributed by atoms with E-state index < -0.39 is 5.97 Å². The number of hydrogen-bond donors (Lipinski definition) is 1. The number of benzene rings is 1. The molecule has 0 fully saturated rings. The Morgan fingerprint density at radius 1 is 1.33 bits per heavy atom. The zero-order chi connectivity index (χ0) is 11.4. The van der Waals surface area contributed by atoms with E-state index >= 15 is 0 Å². The van der Waals surface area contributed by atoms with Crippen LogP contribution >= 0.6 is 0 Å². The highest BCUT2D eigenvalue weighted by Crippen LogP contribution is 2.14. The SMILES string of the molecule is CC(=O)c1cc(C)ccc1CCC(=O)O. The molecule has 80 valence electrons. The van der Waals surface area contributed by atoms with Crippen LogP contribution in [0.4, 0.5) is 0 Å². The fourth-order valence-electron chi connectivity index (χ4n) is 1.48. The summed E-state index contributed by atoms with van der Waals surface area (Å²) in [6.45, 7) is 3.41. The van der Waals surface area contributed by atoms with E-state index in [-0.39, 0.29) is 12.2 Å². The van der Waals surface area contributed by atoms with Gasteiger partial charge in [0.25, 0.3) is 0 Å². The van der Waals surface area contributed by atoms with Crippen molar-refractivity contribution in [3.8, 4) is 0 Å². The first-order chi connectivity index (χ1) is 7.00. The molecule has 0 aromatic heterocycles. The summed E-state index contributed by atoms with van der Waals surface area (Å²) in [5.41, 5.74) is 2.46. The van der Waals surface area contributed by atoms with E-state index in [4.69, 9.17) is 5.11 Å². The van der Waals surface area contributed by atoms with Gasteiger partial charge in [0.2, 0.25) is 0 Å². The standard InChI is InChI=1S/C12H14O3/c1-8-3-4-10(5-6-12(14)15)11(7-8)9(2)13/h3-4,7H,5-6H2,1-2H3,(H,14,15). The summed E-state index contributed by atoms with van der Waals surface area (Å²) >= 11 is 0. The number of carboxylic acids is 1. The molecule has 0 aliphatic heterocycles. The highest BCUT2D eigenvalue weighted by Gasteiger charge is 2.08. The number of aliphatic carboxylic acids is 1. The molecule has 0 unspecified atom stereocenters. The summed E-state index contributed by atoms with van der Waals surface area (Å²) in [7, 11) is 0. The minimum absolute atomic E-state index is 0.0147. The maximum absolute atomic E-state index is 11.3. The lowest BCUT2D eigenvalue weighted by Gasteiger charge is -2.06. The van der Waals surface area contributed by atoms with Crippen molar-refractivity contribution in [2.75, 3.05) is 0 Å². The van der Waals surface area contributed by atoms with Crippen LogP contribution in [0.1, 0.15) is 34.8 Å². The van der Waals surface area contributed by atoms with Gasteiger partial charge in [-0.2, -0.15) is 0 Å². The first-order valence-corrected chi connectivity index (χ1v) is 4.83. The van der Waals surface area contributed by atoms with Gasteiger partial charge in [-0.25, -0.2) is 0 Å². The molecule has 0 aliphatic carbocycles. The predicted octanol–water partition coefficient (Wildman–Crippen LogP) is 2.21.